The summed E-state index contributed by atoms with van der Waals surface area (Å²) in [5.41, 5.74) is 24.7. The van der Waals surface area contributed by atoms with E-state index in [-0.39, 0.29) is 10.8 Å². The molecule has 0 fully saturated rings. The SMILES string of the molecule is CC(C)(c1ccccc1)c1cc(/C=C/c2ccc(-c3ccc(-c4ccc5c(c4)C(c4ccccc4)(c4ccccc4)c4cc6c(cc4-5)C(C)(C)c4ccccc4N6c4ccccc4)cc3)cc2)ccc1Nc1ccccc1. The number of para-hydroxylation sites is 3. The maximum atomic E-state index is 3.71. The molecule has 13 rings (SSSR count). The molecule has 370 valence electrons. The van der Waals surface area contributed by atoms with Gasteiger partial charge in [-0.15, -0.1) is 0 Å². The molecule has 11 aromatic carbocycles. The number of benzene rings is 11. The molecule has 1 heterocycles. The minimum Gasteiger partial charge on any atom is -0.355 e. The van der Waals surface area contributed by atoms with Gasteiger partial charge in [0.1, 0.15) is 0 Å². The number of anilines is 5. The standard InChI is InChI=1S/C75H60N2/c1-73(2,58-22-10-5-11-23-58)68-48-53(38-47-70(68)76-61-28-16-8-17-29-61)35-34-52-36-39-54(40-37-52)55-41-43-56(44-42-55)57-45-46-63-64-50-69-72(77(62-30-18-9-19-31-62)71-33-21-20-32-65(71)74(69,3)4)51-67(64)75(66(63)49-57,59-24-12-6-13-25-59)60-26-14-7-15-27-60/h5-51,76H,1-4H3/b35-34+. The molecular weight excluding hydrogens is 929 g/mol. The maximum Gasteiger partial charge on any atom is 0.0714 e. The van der Waals surface area contributed by atoms with E-state index in [1.165, 1.54) is 89.3 Å². The molecule has 1 aliphatic heterocycles. The lowest BCUT2D eigenvalue weighted by Crippen LogP contribution is -2.32. The van der Waals surface area contributed by atoms with Crippen LogP contribution in [0, 0.1) is 0 Å². The molecule has 11 aromatic rings. The molecular formula is C75H60N2. The van der Waals surface area contributed by atoms with Crippen LogP contribution >= 0.6 is 0 Å². The minimum absolute atomic E-state index is 0.224. The second-order valence-corrected chi connectivity index (χ2v) is 21.8. The first-order valence-corrected chi connectivity index (χ1v) is 27.0. The molecule has 0 atom stereocenters. The first-order valence-electron chi connectivity index (χ1n) is 27.0. The topological polar surface area (TPSA) is 15.3 Å². The predicted octanol–water partition coefficient (Wildman–Crippen LogP) is 19.7. The molecule has 0 bridgehead atoms. The zero-order chi connectivity index (χ0) is 52.1. The Labute approximate surface area is 454 Å². The summed E-state index contributed by atoms with van der Waals surface area (Å²) in [7, 11) is 0. The van der Waals surface area contributed by atoms with Gasteiger partial charge < -0.3 is 10.2 Å². The quantitative estimate of drug-likeness (QED) is 0.130. The van der Waals surface area contributed by atoms with Crippen LogP contribution in [0.1, 0.15) is 83.3 Å². The molecule has 0 saturated carbocycles. The van der Waals surface area contributed by atoms with Gasteiger partial charge in [-0.25, -0.2) is 0 Å². The van der Waals surface area contributed by atoms with Crippen LogP contribution in [0.2, 0.25) is 0 Å². The van der Waals surface area contributed by atoms with Crippen molar-refractivity contribution in [3.8, 4) is 33.4 Å². The van der Waals surface area contributed by atoms with E-state index < -0.39 is 5.41 Å². The third-order valence-electron chi connectivity index (χ3n) is 16.6. The van der Waals surface area contributed by atoms with E-state index >= 15 is 0 Å². The molecule has 2 aliphatic rings. The monoisotopic (exact) mass is 988 g/mol. The molecule has 2 heteroatoms. The second-order valence-electron chi connectivity index (χ2n) is 21.8. The Balaban J connectivity index is 0.845. The van der Waals surface area contributed by atoms with Crippen molar-refractivity contribution in [3.05, 3.63) is 329 Å². The van der Waals surface area contributed by atoms with E-state index in [0.29, 0.717) is 0 Å². The van der Waals surface area contributed by atoms with Crippen LogP contribution in [-0.4, -0.2) is 0 Å². The Kier molecular flexibility index (Phi) is 11.8. The highest BCUT2D eigenvalue weighted by atomic mass is 15.2. The third kappa shape index (κ3) is 8.20. The number of fused-ring (bicyclic) bond motifs is 5. The van der Waals surface area contributed by atoms with E-state index in [4.69, 9.17) is 0 Å². The minimum atomic E-state index is -0.581. The molecule has 0 spiro atoms. The van der Waals surface area contributed by atoms with Crippen molar-refractivity contribution in [2.24, 2.45) is 0 Å². The van der Waals surface area contributed by atoms with Gasteiger partial charge in [-0.05, 0) is 150 Å². The second kappa shape index (κ2) is 19.2. The van der Waals surface area contributed by atoms with Crippen molar-refractivity contribution in [1.29, 1.82) is 0 Å². The van der Waals surface area contributed by atoms with Gasteiger partial charge in [-0.1, -0.05) is 252 Å². The van der Waals surface area contributed by atoms with Crippen molar-refractivity contribution < 1.29 is 0 Å². The Morgan fingerprint density at radius 3 is 1.55 bits per heavy atom. The van der Waals surface area contributed by atoms with Crippen LogP contribution in [0.15, 0.2) is 273 Å². The largest absolute Gasteiger partial charge is 0.355 e. The summed E-state index contributed by atoms with van der Waals surface area (Å²) in [4.78, 5) is 2.49. The van der Waals surface area contributed by atoms with Gasteiger partial charge >= 0.3 is 0 Å². The fourth-order valence-electron chi connectivity index (χ4n) is 12.5. The highest BCUT2D eigenvalue weighted by Gasteiger charge is 2.49. The first kappa shape index (κ1) is 47.5. The Morgan fingerprint density at radius 2 is 0.896 bits per heavy atom. The molecule has 2 nitrogen and oxygen atoms in total. The molecule has 0 radical (unpaired) electrons. The number of rotatable bonds is 11. The van der Waals surface area contributed by atoms with E-state index in [1.54, 1.807) is 0 Å². The van der Waals surface area contributed by atoms with Crippen LogP contribution in [0.4, 0.5) is 28.4 Å². The van der Waals surface area contributed by atoms with E-state index in [1.807, 2.05) is 0 Å². The van der Waals surface area contributed by atoms with Crippen LogP contribution in [0.25, 0.3) is 45.5 Å². The zero-order valence-electron chi connectivity index (χ0n) is 44.1. The number of hydrogen-bond donors (Lipinski definition) is 1. The van der Waals surface area contributed by atoms with Crippen molar-refractivity contribution in [3.63, 3.8) is 0 Å². The van der Waals surface area contributed by atoms with Gasteiger partial charge in [0, 0.05) is 27.9 Å². The van der Waals surface area contributed by atoms with Gasteiger partial charge in [0.25, 0.3) is 0 Å². The summed E-state index contributed by atoms with van der Waals surface area (Å²) >= 11 is 0. The highest BCUT2D eigenvalue weighted by Crippen LogP contribution is 2.61. The van der Waals surface area contributed by atoms with E-state index in [0.717, 1.165) is 28.2 Å². The number of nitrogens with one attached hydrogen (secondary N) is 1. The van der Waals surface area contributed by atoms with Crippen molar-refractivity contribution >= 4 is 40.6 Å². The van der Waals surface area contributed by atoms with Crippen molar-refractivity contribution in [2.45, 2.75) is 43.9 Å². The van der Waals surface area contributed by atoms with Crippen LogP contribution in [0.5, 0.6) is 0 Å². The average Bonchev–Trinajstić information content (AvgIpc) is 4.01. The predicted molar refractivity (Wildman–Crippen MR) is 325 cm³/mol. The smallest absolute Gasteiger partial charge is 0.0714 e. The van der Waals surface area contributed by atoms with Crippen LogP contribution < -0.4 is 10.2 Å². The normalized spacial score (nSPS) is 13.8. The van der Waals surface area contributed by atoms with Crippen molar-refractivity contribution in [1.82, 2.24) is 0 Å². The summed E-state index contributed by atoms with van der Waals surface area (Å²) in [6.45, 7) is 9.41. The molecule has 0 unspecified atom stereocenters. The third-order valence-corrected chi connectivity index (χ3v) is 16.6. The summed E-state index contributed by atoms with van der Waals surface area (Å²) in [5.74, 6) is 0. The van der Waals surface area contributed by atoms with Crippen LogP contribution in [-0.2, 0) is 16.2 Å². The molecule has 0 aromatic heterocycles. The zero-order valence-corrected chi connectivity index (χ0v) is 44.1. The van der Waals surface area contributed by atoms with E-state index in [2.05, 4.69) is 323 Å². The lowest BCUT2D eigenvalue weighted by Gasteiger charge is -2.43. The Morgan fingerprint density at radius 1 is 0.390 bits per heavy atom. The summed E-state index contributed by atoms with van der Waals surface area (Å²) in [6, 6.07) is 101. The Bertz CT molecular complexity index is 3910. The molecule has 77 heavy (non-hydrogen) atoms. The number of nitrogens with zero attached hydrogens (tertiary/aromatic N) is 1. The van der Waals surface area contributed by atoms with Gasteiger partial charge in [0.2, 0.25) is 0 Å². The van der Waals surface area contributed by atoms with Gasteiger partial charge in [0.15, 0.2) is 0 Å². The number of hydrogen-bond acceptors (Lipinski definition) is 2. The fourth-order valence-corrected chi connectivity index (χ4v) is 12.5. The Hall–Kier alpha value is -9.24. The first-order chi connectivity index (χ1) is 37.7. The maximum absolute atomic E-state index is 3.71. The molecule has 1 N–H and O–H groups in total. The summed E-state index contributed by atoms with van der Waals surface area (Å²) in [6.07, 6.45) is 4.45. The van der Waals surface area contributed by atoms with Gasteiger partial charge in [0.05, 0.1) is 16.8 Å². The fraction of sp³-hybridized carbons (Fsp3) is 0.0933. The molecule has 0 amide bonds. The van der Waals surface area contributed by atoms with Gasteiger partial charge in [-0.3, -0.25) is 0 Å². The molecule has 1 aliphatic carbocycles. The summed E-state index contributed by atoms with van der Waals surface area (Å²) in [5, 5.41) is 3.71. The van der Waals surface area contributed by atoms with Gasteiger partial charge in [-0.2, -0.15) is 0 Å². The lowest BCUT2D eigenvalue weighted by atomic mass is 9.66. The summed E-state index contributed by atoms with van der Waals surface area (Å²) < 4.78 is 0. The van der Waals surface area contributed by atoms with Crippen molar-refractivity contribution in [2.75, 3.05) is 10.2 Å². The lowest BCUT2D eigenvalue weighted by molar-refractivity contribution is 0.631. The highest BCUT2D eigenvalue weighted by molar-refractivity contribution is 5.95. The molecule has 0 saturated heterocycles. The van der Waals surface area contributed by atoms with Crippen LogP contribution in [0.3, 0.4) is 0 Å². The van der Waals surface area contributed by atoms with E-state index in [9.17, 15) is 0 Å². The average molecular weight is 989 g/mol.